The molecular formula is C17H25BrN2O3. The van der Waals surface area contributed by atoms with E-state index in [0.29, 0.717) is 12.5 Å². The highest BCUT2D eigenvalue weighted by atomic mass is 79.9. The molecule has 0 aliphatic rings. The second-order valence-electron chi connectivity index (χ2n) is 5.96. The van der Waals surface area contributed by atoms with Gasteiger partial charge < -0.3 is 10.1 Å². The summed E-state index contributed by atoms with van der Waals surface area (Å²) in [6.07, 6.45) is 0.286. The number of methoxy groups -OCH3 is 1. The van der Waals surface area contributed by atoms with Gasteiger partial charge in [-0.25, -0.2) is 0 Å². The molecular weight excluding hydrogens is 360 g/mol. The Balaban J connectivity index is 2.62. The molecule has 0 unspecified atom stereocenters. The number of benzene rings is 1. The number of aryl methyl sites for hydroxylation is 1. The summed E-state index contributed by atoms with van der Waals surface area (Å²) in [7, 11) is 1.37. The molecule has 0 heterocycles. The van der Waals surface area contributed by atoms with Crippen molar-refractivity contribution in [2.75, 3.05) is 32.1 Å². The van der Waals surface area contributed by atoms with Crippen LogP contribution in [-0.2, 0) is 14.3 Å². The molecule has 0 fully saturated rings. The number of amides is 1. The first kappa shape index (κ1) is 19.6. The Morgan fingerprint density at radius 2 is 2.04 bits per heavy atom. The van der Waals surface area contributed by atoms with E-state index in [2.05, 4.69) is 39.8 Å². The van der Waals surface area contributed by atoms with Crippen molar-refractivity contribution < 1.29 is 14.3 Å². The summed E-state index contributed by atoms with van der Waals surface area (Å²) in [6.45, 7) is 7.64. The number of anilines is 1. The first-order chi connectivity index (χ1) is 10.8. The van der Waals surface area contributed by atoms with Crippen LogP contribution in [0.2, 0.25) is 0 Å². The summed E-state index contributed by atoms with van der Waals surface area (Å²) in [6, 6.07) is 5.73. The van der Waals surface area contributed by atoms with Gasteiger partial charge in [-0.15, -0.1) is 0 Å². The van der Waals surface area contributed by atoms with Crippen LogP contribution >= 0.6 is 15.9 Å². The summed E-state index contributed by atoms with van der Waals surface area (Å²) in [4.78, 5) is 25.6. The lowest BCUT2D eigenvalue weighted by Crippen LogP contribution is -2.37. The maximum absolute atomic E-state index is 12.3. The third-order valence-corrected chi connectivity index (χ3v) is 3.81. The molecule has 0 spiro atoms. The molecule has 5 nitrogen and oxygen atoms in total. The van der Waals surface area contributed by atoms with Gasteiger partial charge >= 0.3 is 5.97 Å². The molecule has 0 radical (unpaired) electrons. The smallest absolute Gasteiger partial charge is 0.306 e. The van der Waals surface area contributed by atoms with Crippen LogP contribution in [0.5, 0.6) is 0 Å². The number of carbonyl (C=O) groups excluding carboxylic acids is 2. The van der Waals surface area contributed by atoms with Gasteiger partial charge in [-0.1, -0.05) is 29.8 Å². The number of halogens is 1. The molecule has 0 atom stereocenters. The van der Waals surface area contributed by atoms with Crippen molar-refractivity contribution in [2.24, 2.45) is 5.92 Å². The molecule has 1 amide bonds. The standard InChI is InChI=1S/C17H25BrN2O3/c1-12(2)10-20(8-7-17(22)23-4)11-16(21)19-15-6-5-14(18)9-13(15)3/h5-6,9,12H,7-8,10-11H2,1-4H3,(H,19,21). The van der Waals surface area contributed by atoms with Gasteiger partial charge in [0.1, 0.15) is 0 Å². The molecule has 0 aliphatic carbocycles. The van der Waals surface area contributed by atoms with Crippen molar-refractivity contribution in [1.82, 2.24) is 4.90 Å². The fourth-order valence-corrected chi connectivity index (χ4v) is 2.74. The number of hydrogen-bond donors (Lipinski definition) is 1. The molecule has 1 aromatic rings. The summed E-state index contributed by atoms with van der Waals surface area (Å²) >= 11 is 3.41. The van der Waals surface area contributed by atoms with Gasteiger partial charge in [0, 0.05) is 23.2 Å². The molecule has 0 aromatic heterocycles. The van der Waals surface area contributed by atoms with Gasteiger partial charge in [0.15, 0.2) is 0 Å². The topological polar surface area (TPSA) is 58.6 Å². The molecule has 0 bridgehead atoms. The molecule has 0 saturated heterocycles. The van der Waals surface area contributed by atoms with Crippen molar-refractivity contribution in [1.29, 1.82) is 0 Å². The first-order valence-corrected chi connectivity index (χ1v) is 8.46. The summed E-state index contributed by atoms with van der Waals surface area (Å²) < 4.78 is 5.64. The van der Waals surface area contributed by atoms with Gasteiger partial charge in [-0.05, 0) is 36.6 Å². The molecule has 6 heteroatoms. The molecule has 0 aliphatic heterocycles. The third kappa shape index (κ3) is 7.61. The molecule has 128 valence electrons. The monoisotopic (exact) mass is 384 g/mol. The highest BCUT2D eigenvalue weighted by molar-refractivity contribution is 9.10. The Bertz CT molecular complexity index is 547. The minimum absolute atomic E-state index is 0.0825. The van der Waals surface area contributed by atoms with Crippen LogP contribution in [-0.4, -0.2) is 43.5 Å². The van der Waals surface area contributed by atoms with E-state index in [4.69, 9.17) is 0 Å². The quantitative estimate of drug-likeness (QED) is 0.699. The molecule has 1 aromatic carbocycles. The number of ether oxygens (including phenoxy) is 1. The van der Waals surface area contributed by atoms with E-state index in [1.165, 1.54) is 7.11 Å². The van der Waals surface area contributed by atoms with Gasteiger partial charge in [0.25, 0.3) is 0 Å². The number of nitrogens with zero attached hydrogens (tertiary/aromatic N) is 1. The van der Waals surface area contributed by atoms with Crippen molar-refractivity contribution in [3.8, 4) is 0 Å². The zero-order chi connectivity index (χ0) is 17.4. The van der Waals surface area contributed by atoms with E-state index in [1.54, 1.807) is 0 Å². The van der Waals surface area contributed by atoms with Gasteiger partial charge in [-0.2, -0.15) is 0 Å². The largest absolute Gasteiger partial charge is 0.469 e. The van der Waals surface area contributed by atoms with Crippen LogP contribution in [0.1, 0.15) is 25.8 Å². The molecule has 1 N–H and O–H groups in total. The molecule has 23 heavy (non-hydrogen) atoms. The van der Waals surface area contributed by atoms with E-state index < -0.39 is 0 Å². The van der Waals surface area contributed by atoms with Gasteiger partial charge in [0.05, 0.1) is 20.1 Å². The second-order valence-corrected chi connectivity index (χ2v) is 6.88. The van der Waals surface area contributed by atoms with E-state index in [0.717, 1.165) is 22.3 Å². The highest BCUT2D eigenvalue weighted by Gasteiger charge is 2.15. The predicted molar refractivity (Wildman–Crippen MR) is 95.4 cm³/mol. The maximum Gasteiger partial charge on any atom is 0.306 e. The second kappa shape index (κ2) is 9.67. The highest BCUT2D eigenvalue weighted by Crippen LogP contribution is 2.20. The van der Waals surface area contributed by atoms with E-state index >= 15 is 0 Å². The first-order valence-electron chi connectivity index (χ1n) is 7.67. The lowest BCUT2D eigenvalue weighted by atomic mass is 10.2. The van der Waals surface area contributed by atoms with Crippen molar-refractivity contribution in [3.05, 3.63) is 28.2 Å². The van der Waals surface area contributed by atoms with Crippen LogP contribution in [0.25, 0.3) is 0 Å². The Morgan fingerprint density at radius 3 is 2.61 bits per heavy atom. The number of carbonyl (C=O) groups is 2. The minimum atomic E-state index is -0.261. The minimum Gasteiger partial charge on any atom is -0.469 e. The SMILES string of the molecule is COC(=O)CCN(CC(=O)Nc1ccc(Br)cc1C)CC(C)C. The zero-order valence-electron chi connectivity index (χ0n) is 14.2. The fourth-order valence-electron chi connectivity index (χ4n) is 2.26. The van der Waals surface area contributed by atoms with Gasteiger partial charge in [0.2, 0.25) is 5.91 Å². The maximum atomic E-state index is 12.3. The average Bonchev–Trinajstić information content (AvgIpc) is 2.46. The average molecular weight is 385 g/mol. The predicted octanol–water partition coefficient (Wildman–Crippen LogP) is 3.22. The lowest BCUT2D eigenvalue weighted by Gasteiger charge is -2.23. The van der Waals surface area contributed by atoms with E-state index in [9.17, 15) is 9.59 Å². The number of rotatable bonds is 8. The van der Waals surface area contributed by atoms with Gasteiger partial charge in [-0.3, -0.25) is 14.5 Å². The summed E-state index contributed by atoms with van der Waals surface area (Å²) in [5.41, 5.74) is 1.80. The molecule has 1 rings (SSSR count). The van der Waals surface area contributed by atoms with Crippen molar-refractivity contribution in [3.63, 3.8) is 0 Å². The number of hydrogen-bond acceptors (Lipinski definition) is 4. The van der Waals surface area contributed by atoms with Crippen LogP contribution in [0, 0.1) is 12.8 Å². The zero-order valence-corrected chi connectivity index (χ0v) is 15.8. The van der Waals surface area contributed by atoms with Crippen LogP contribution in [0.4, 0.5) is 5.69 Å². The van der Waals surface area contributed by atoms with Crippen LogP contribution in [0.15, 0.2) is 22.7 Å². The Morgan fingerprint density at radius 1 is 1.35 bits per heavy atom. The van der Waals surface area contributed by atoms with E-state index in [-0.39, 0.29) is 24.8 Å². The Labute approximate surface area is 146 Å². The van der Waals surface area contributed by atoms with Crippen LogP contribution < -0.4 is 5.32 Å². The lowest BCUT2D eigenvalue weighted by molar-refractivity contribution is -0.141. The Hall–Kier alpha value is -1.40. The summed E-state index contributed by atoms with van der Waals surface area (Å²) in [5.74, 6) is 0.0683. The fraction of sp³-hybridized carbons (Fsp3) is 0.529. The van der Waals surface area contributed by atoms with Crippen molar-refractivity contribution in [2.45, 2.75) is 27.2 Å². The van der Waals surface area contributed by atoms with E-state index in [1.807, 2.05) is 30.0 Å². The third-order valence-electron chi connectivity index (χ3n) is 3.31. The van der Waals surface area contributed by atoms with Crippen molar-refractivity contribution >= 4 is 33.5 Å². The summed E-state index contributed by atoms with van der Waals surface area (Å²) in [5, 5.41) is 2.93. The Kier molecular flexibility index (Phi) is 8.26. The number of esters is 1. The van der Waals surface area contributed by atoms with Crippen LogP contribution in [0.3, 0.4) is 0 Å². The molecule has 0 saturated carbocycles. The normalized spacial score (nSPS) is 10.9. The number of nitrogens with one attached hydrogen (secondary N) is 1.